The van der Waals surface area contributed by atoms with Crippen LogP contribution in [0.1, 0.15) is 37.4 Å². The Morgan fingerprint density at radius 2 is 1.69 bits per heavy atom. The van der Waals surface area contributed by atoms with E-state index in [0.29, 0.717) is 10.6 Å². The van der Waals surface area contributed by atoms with Gasteiger partial charge in [-0.2, -0.15) is 0 Å². The Bertz CT molecular complexity index is 1320. The third-order valence-electron chi connectivity index (χ3n) is 5.43. The third-order valence-corrected chi connectivity index (χ3v) is 6.22. The second-order valence-electron chi connectivity index (χ2n) is 8.05. The van der Waals surface area contributed by atoms with E-state index in [4.69, 9.17) is 0 Å². The van der Waals surface area contributed by atoms with Crippen molar-refractivity contribution in [3.8, 4) is 0 Å². The van der Waals surface area contributed by atoms with Crippen LogP contribution in [0.25, 0.3) is 0 Å². The van der Waals surface area contributed by atoms with E-state index < -0.39 is 16.6 Å². The standard InChI is InChI=1S/C26H25N3O5S/c1-16-9-10-17(2)21(13-16)27-24(30)15-28(3)26(32)20-8-6-5-7-19(20)25(31)18-11-12-23(35-4)22(14-18)29(33)34/h5-14H,15H2,1-4H3,(H,27,30). The molecule has 3 rings (SSSR count). The van der Waals surface area contributed by atoms with Crippen LogP contribution in [0, 0.1) is 24.0 Å². The second-order valence-corrected chi connectivity index (χ2v) is 8.89. The molecule has 0 saturated carbocycles. The lowest BCUT2D eigenvalue weighted by Crippen LogP contribution is -2.35. The van der Waals surface area contributed by atoms with E-state index >= 15 is 0 Å². The number of hydrogen-bond donors (Lipinski definition) is 1. The van der Waals surface area contributed by atoms with E-state index in [1.165, 1.54) is 54.0 Å². The highest BCUT2D eigenvalue weighted by molar-refractivity contribution is 7.98. The number of thioether (sulfide) groups is 1. The van der Waals surface area contributed by atoms with Crippen LogP contribution >= 0.6 is 11.8 Å². The maximum atomic E-state index is 13.2. The van der Waals surface area contributed by atoms with Gasteiger partial charge in [0.1, 0.15) is 0 Å². The normalized spacial score (nSPS) is 10.5. The summed E-state index contributed by atoms with van der Waals surface area (Å²) in [5.74, 6) is -1.40. The molecule has 35 heavy (non-hydrogen) atoms. The molecule has 0 unspecified atom stereocenters. The maximum Gasteiger partial charge on any atom is 0.283 e. The molecular formula is C26H25N3O5S. The summed E-state index contributed by atoms with van der Waals surface area (Å²) in [6.45, 7) is 3.58. The smallest absolute Gasteiger partial charge is 0.283 e. The van der Waals surface area contributed by atoms with Gasteiger partial charge >= 0.3 is 0 Å². The molecule has 0 atom stereocenters. The first-order chi connectivity index (χ1) is 16.6. The molecule has 8 nitrogen and oxygen atoms in total. The molecule has 0 radical (unpaired) electrons. The molecule has 0 saturated heterocycles. The number of ketones is 1. The third kappa shape index (κ3) is 5.93. The second kappa shape index (κ2) is 11.0. The number of nitrogens with one attached hydrogen (secondary N) is 1. The summed E-state index contributed by atoms with van der Waals surface area (Å²) in [6.07, 6.45) is 1.71. The van der Waals surface area contributed by atoms with E-state index in [2.05, 4.69) is 5.32 Å². The number of aryl methyl sites for hydroxylation is 2. The number of anilines is 1. The van der Waals surface area contributed by atoms with E-state index in [1.807, 2.05) is 32.0 Å². The van der Waals surface area contributed by atoms with Crippen molar-refractivity contribution in [2.45, 2.75) is 18.7 Å². The summed E-state index contributed by atoms with van der Waals surface area (Å²) in [5, 5.41) is 14.2. The minimum Gasteiger partial charge on any atom is -0.332 e. The molecule has 1 N–H and O–H groups in total. The highest BCUT2D eigenvalue weighted by Gasteiger charge is 2.24. The van der Waals surface area contributed by atoms with Crippen LogP contribution in [0.4, 0.5) is 11.4 Å². The van der Waals surface area contributed by atoms with E-state index in [9.17, 15) is 24.5 Å². The molecule has 3 aromatic rings. The van der Waals surface area contributed by atoms with E-state index in [1.54, 1.807) is 18.4 Å². The highest BCUT2D eigenvalue weighted by atomic mass is 32.2. The molecule has 0 aliphatic carbocycles. The van der Waals surface area contributed by atoms with Crippen molar-refractivity contribution in [1.29, 1.82) is 0 Å². The van der Waals surface area contributed by atoms with Crippen LogP contribution in [0.15, 0.2) is 65.6 Å². The molecule has 0 heterocycles. The molecule has 180 valence electrons. The summed E-state index contributed by atoms with van der Waals surface area (Å²) in [6, 6.07) is 16.2. The minimum atomic E-state index is -0.540. The topological polar surface area (TPSA) is 110 Å². The summed E-state index contributed by atoms with van der Waals surface area (Å²) in [4.78, 5) is 51.5. The fourth-order valence-electron chi connectivity index (χ4n) is 3.55. The van der Waals surface area contributed by atoms with Gasteiger partial charge in [0.15, 0.2) is 5.78 Å². The number of rotatable bonds is 8. The number of nitro benzene ring substituents is 1. The molecule has 0 bridgehead atoms. The van der Waals surface area contributed by atoms with Crippen LogP contribution < -0.4 is 5.32 Å². The van der Waals surface area contributed by atoms with Gasteiger partial charge in [0.25, 0.3) is 11.6 Å². The quantitative estimate of drug-likeness (QED) is 0.208. The van der Waals surface area contributed by atoms with Gasteiger partial charge in [-0.05, 0) is 55.5 Å². The molecule has 0 aliphatic rings. The first-order valence-electron chi connectivity index (χ1n) is 10.7. The van der Waals surface area contributed by atoms with Crippen molar-refractivity contribution < 1.29 is 19.3 Å². The average Bonchev–Trinajstić information content (AvgIpc) is 2.84. The van der Waals surface area contributed by atoms with Crippen LogP contribution in [-0.4, -0.2) is 47.3 Å². The number of carbonyl (C=O) groups excluding carboxylic acids is 3. The van der Waals surface area contributed by atoms with Crippen molar-refractivity contribution in [2.24, 2.45) is 0 Å². The zero-order valence-corrected chi connectivity index (χ0v) is 20.6. The predicted octanol–water partition coefficient (Wildman–Crippen LogP) is 4.88. The maximum absolute atomic E-state index is 13.2. The summed E-state index contributed by atoms with van der Waals surface area (Å²) < 4.78 is 0. The number of hydrogen-bond acceptors (Lipinski definition) is 6. The van der Waals surface area contributed by atoms with Gasteiger partial charge in [0.05, 0.1) is 21.9 Å². The van der Waals surface area contributed by atoms with Crippen LogP contribution in [0.3, 0.4) is 0 Å². The van der Waals surface area contributed by atoms with E-state index in [0.717, 1.165) is 11.1 Å². The number of nitrogens with zero attached hydrogens (tertiary/aromatic N) is 2. The van der Waals surface area contributed by atoms with Crippen molar-refractivity contribution in [3.63, 3.8) is 0 Å². The molecule has 9 heteroatoms. The Kier molecular flexibility index (Phi) is 8.03. The summed E-state index contributed by atoms with van der Waals surface area (Å²) >= 11 is 1.21. The average molecular weight is 492 g/mol. The van der Waals surface area contributed by atoms with Crippen molar-refractivity contribution in [2.75, 3.05) is 25.2 Å². The van der Waals surface area contributed by atoms with Crippen LogP contribution in [-0.2, 0) is 4.79 Å². The Balaban J connectivity index is 1.82. The molecule has 0 spiro atoms. The van der Waals surface area contributed by atoms with Gasteiger partial charge in [0.2, 0.25) is 5.91 Å². The Morgan fingerprint density at radius 3 is 2.34 bits per heavy atom. The van der Waals surface area contributed by atoms with Crippen LogP contribution in [0.5, 0.6) is 0 Å². The van der Waals surface area contributed by atoms with Gasteiger partial charge in [-0.25, -0.2) is 0 Å². The molecule has 3 aromatic carbocycles. The fourth-order valence-corrected chi connectivity index (χ4v) is 4.10. The van der Waals surface area contributed by atoms with Gasteiger partial charge < -0.3 is 10.2 Å². The monoisotopic (exact) mass is 491 g/mol. The van der Waals surface area contributed by atoms with Gasteiger partial charge in [-0.3, -0.25) is 24.5 Å². The first-order valence-corrected chi connectivity index (χ1v) is 11.9. The highest BCUT2D eigenvalue weighted by Crippen LogP contribution is 2.29. The first kappa shape index (κ1) is 25.6. The molecule has 0 aliphatic heterocycles. The lowest BCUT2D eigenvalue weighted by atomic mass is 9.97. The number of nitro groups is 1. The Morgan fingerprint density at radius 1 is 1.00 bits per heavy atom. The largest absolute Gasteiger partial charge is 0.332 e. The molecular weight excluding hydrogens is 466 g/mol. The molecule has 0 aromatic heterocycles. The summed E-state index contributed by atoms with van der Waals surface area (Å²) in [5.41, 5.74) is 2.70. The predicted molar refractivity (Wildman–Crippen MR) is 136 cm³/mol. The number of amides is 2. The number of likely N-dealkylation sites (N-methyl/N-ethyl adjacent to an activating group) is 1. The zero-order chi connectivity index (χ0) is 25.7. The minimum absolute atomic E-state index is 0.102. The van der Waals surface area contributed by atoms with Crippen LogP contribution in [0.2, 0.25) is 0 Å². The number of benzene rings is 3. The van der Waals surface area contributed by atoms with Crippen molar-refractivity contribution >= 4 is 40.7 Å². The number of carbonyl (C=O) groups is 3. The molecule has 0 fully saturated rings. The lowest BCUT2D eigenvalue weighted by molar-refractivity contribution is -0.387. The van der Waals surface area contributed by atoms with Gasteiger partial charge in [-0.1, -0.05) is 30.3 Å². The SMILES string of the molecule is CSc1ccc(C(=O)c2ccccc2C(=O)N(C)CC(=O)Nc2cc(C)ccc2C)cc1[N+](=O)[O-]. The van der Waals surface area contributed by atoms with Crippen molar-refractivity contribution in [3.05, 3.63) is 98.6 Å². The fraction of sp³-hybridized carbons (Fsp3) is 0.192. The van der Waals surface area contributed by atoms with Crippen molar-refractivity contribution in [1.82, 2.24) is 4.90 Å². The lowest BCUT2D eigenvalue weighted by Gasteiger charge is -2.19. The zero-order valence-electron chi connectivity index (χ0n) is 19.8. The van der Waals surface area contributed by atoms with Gasteiger partial charge in [-0.15, -0.1) is 11.8 Å². The van der Waals surface area contributed by atoms with Gasteiger partial charge in [0, 0.05) is 29.9 Å². The Labute approximate surface area is 207 Å². The Hall–Kier alpha value is -3.98. The van der Waals surface area contributed by atoms with E-state index in [-0.39, 0.29) is 34.8 Å². The molecule has 2 amide bonds. The summed E-state index contributed by atoms with van der Waals surface area (Å²) in [7, 11) is 1.48.